The standard InChI is InChI=1S/C13H26N2O2/c1-13(16)5-3-6-14-8-10-15(11-9-14)7-4-12-17-2/h3-12H2,1-2H3. The van der Waals surface area contributed by atoms with Gasteiger partial charge in [0.05, 0.1) is 0 Å². The van der Waals surface area contributed by atoms with Crippen LogP contribution in [0.1, 0.15) is 26.2 Å². The van der Waals surface area contributed by atoms with Gasteiger partial charge < -0.3 is 19.3 Å². The van der Waals surface area contributed by atoms with Crippen molar-refractivity contribution >= 4 is 5.78 Å². The second-order valence-corrected chi connectivity index (χ2v) is 4.84. The first kappa shape index (κ1) is 14.6. The second-order valence-electron chi connectivity index (χ2n) is 4.84. The van der Waals surface area contributed by atoms with Crippen molar-refractivity contribution < 1.29 is 9.53 Å². The largest absolute Gasteiger partial charge is 0.385 e. The second kappa shape index (κ2) is 8.61. The molecular formula is C13H26N2O2. The first-order chi connectivity index (χ1) is 8.22. The summed E-state index contributed by atoms with van der Waals surface area (Å²) in [5, 5.41) is 0. The number of carbonyl (C=O) groups is 1. The highest BCUT2D eigenvalue weighted by molar-refractivity contribution is 5.75. The molecule has 1 fully saturated rings. The van der Waals surface area contributed by atoms with E-state index in [1.165, 1.54) is 0 Å². The molecule has 17 heavy (non-hydrogen) atoms. The Kier molecular flexibility index (Phi) is 7.40. The molecule has 4 nitrogen and oxygen atoms in total. The number of methoxy groups -OCH3 is 1. The molecule has 1 heterocycles. The monoisotopic (exact) mass is 242 g/mol. The summed E-state index contributed by atoms with van der Waals surface area (Å²) < 4.78 is 5.06. The third kappa shape index (κ3) is 6.76. The summed E-state index contributed by atoms with van der Waals surface area (Å²) in [4.78, 5) is 15.8. The van der Waals surface area contributed by atoms with Crippen LogP contribution in [-0.4, -0.2) is 68.6 Å². The number of carbonyl (C=O) groups excluding carboxylic acids is 1. The highest BCUT2D eigenvalue weighted by Crippen LogP contribution is 2.04. The summed E-state index contributed by atoms with van der Waals surface area (Å²) in [7, 11) is 1.76. The van der Waals surface area contributed by atoms with E-state index in [9.17, 15) is 4.79 Å². The fraction of sp³-hybridized carbons (Fsp3) is 0.923. The number of ether oxygens (including phenoxy) is 1. The number of rotatable bonds is 8. The van der Waals surface area contributed by atoms with Crippen LogP contribution in [0.25, 0.3) is 0 Å². The molecule has 0 unspecified atom stereocenters. The maximum Gasteiger partial charge on any atom is 0.129 e. The van der Waals surface area contributed by atoms with Crippen LogP contribution in [0.5, 0.6) is 0 Å². The van der Waals surface area contributed by atoms with Gasteiger partial charge in [-0.05, 0) is 26.3 Å². The number of nitrogens with zero attached hydrogens (tertiary/aromatic N) is 2. The van der Waals surface area contributed by atoms with Crippen molar-refractivity contribution in [3.05, 3.63) is 0 Å². The maximum atomic E-state index is 10.8. The Labute approximate surface area is 105 Å². The number of hydrogen-bond acceptors (Lipinski definition) is 4. The molecule has 0 spiro atoms. The number of piperazine rings is 1. The summed E-state index contributed by atoms with van der Waals surface area (Å²) in [5.41, 5.74) is 0. The number of Topliss-reactive ketones (excluding diaryl/α,β-unsaturated/α-hetero) is 1. The Morgan fingerprint density at radius 1 is 1.06 bits per heavy atom. The van der Waals surface area contributed by atoms with Crippen molar-refractivity contribution in [1.29, 1.82) is 0 Å². The van der Waals surface area contributed by atoms with Gasteiger partial charge in [-0.2, -0.15) is 0 Å². The fourth-order valence-electron chi connectivity index (χ4n) is 2.22. The Morgan fingerprint density at radius 3 is 2.06 bits per heavy atom. The Hall–Kier alpha value is -0.450. The van der Waals surface area contributed by atoms with Crippen molar-refractivity contribution in [2.45, 2.75) is 26.2 Å². The number of ketones is 1. The average Bonchev–Trinajstić information content (AvgIpc) is 2.31. The van der Waals surface area contributed by atoms with Gasteiger partial charge in [0, 0.05) is 52.9 Å². The van der Waals surface area contributed by atoms with Crippen molar-refractivity contribution in [3.8, 4) is 0 Å². The van der Waals surface area contributed by atoms with Crippen molar-refractivity contribution in [2.75, 3.05) is 53.0 Å². The van der Waals surface area contributed by atoms with E-state index < -0.39 is 0 Å². The van der Waals surface area contributed by atoms with E-state index in [0.29, 0.717) is 5.78 Å². The van der Waals surface area contributed by atoms with Gasteiger partial charge in [0.2, 0.25) is 0 Å². The van der Waals surface area contributed by atoms with Crippen LogP contribution in [0.2, 0.25) is 0 Å². The lowest BCUT2D eigenvalue weighted by molar-refractivity contribution is -0.117. The highest BCUT2D eigenvalue weighted by Gasteiger charge is 2.15. The van der Waals surface area contributed by atoms with Crippen LogP contribution in [0.3, 0.4) is 0 Å². The molecule has 0 atom stereocenters. The smallest absolute Gasteiger partial charge is 0.129 e. The molecule has 0 aliphatic carbocycles. The minimum absolute atomic E-state index is 0.309. The molecule has 0 bridgehead atoms. The SMILES string of the molecule is COCCCN1CCN(CCCC(C)=O)CC1. The van der Waals surface area contributed by atoms with Crippen LogP contribution in [-0.2, 0) is 9.53 Å². The van der Waals surface area contributed by atoms with Crippen molar-refractivity contribution in [3.63, 3.8) is 0 Å². The lowest BCUT2D eigenvalue weighted by Gasteiger charge is -2.34. The molecule has 0 aromatic rings. The van der Waals surface area contributed by atoms with E-state index in [4.69, 9.17) is 4.74 Å². The van der Waals surface area contributed by atoms with Gasteiger partial charge in [0.25, 0.3) is 0 Å². The molecule has 1 saturated heterocycles. The highest BCUT2D eigenvalue weighted by atomic mass is 16.5. The van der Waals surface area contributed by atoms with Crippen molar-refractivity contribution in [2.24, 2.45) is 0 Å². The van der Waals surface area contributed by atoms with Gasteiger partial charge in [-0.1, -0.05) is 0 Å². The molecule has 0 amide bonds. The molecule has 4 heteroatoms. The quantitative estimate of drug-likeness (QED) is 0.595. The molecule has 0 aromatic carbocycles. The molecule has 0 N–H and O–H groups in total. The van der Waals surface area contributed by atoms with Crippen LogP contribution < -0.4 is 0 Å². The van der Waals surface area contributed by atoms with E-state index in [0.717, 1.165) is 65.1 Å². The van der Waals surface area contributed by atoms with Gasteiger partial charge in [-0.15, -0.1) is 0 Å². The van der Waals surface area contributed by atoms with Gasteiger partial charge in [-0.3, -0.25) is 0 Å². The Balaban J connectivity index is 2.03. The molecule has 1 rings (SSSR count). The molecule has 0 saturated carbocycles. The van der Waals surface area contributed by atoms with E-state index in [-0.39, 0.29) is 0 Å². The van der Waals surface area contributed by atoms with Gasteiger partial charge in [-0.25, -0.2) is 0 Å². The third-order valence-electron chi connectivity index (χ3n) is 3.29. The van der Waals surface area contributed by atoms with Gasteiger partial charge in [0.15, 0.2) is 0 Å². The van der Waals surface area contributed by atoms with Crippen LogP contribution in [0, 0.1) is 0 Å². The minimum atomic E-state index is 0.309. The first-order valence-electron chi connectivity index (χ1n) is 6.65. The van der Waals surface area contributed by atoms with Crippen molar-refractivity contribution in [1.82, 2.24) is 9.80 Å². The van der Waals surface area contributed by atoms with Gasteiger partial charge >= 0.3 is 0 Å². The normalized spacial score (nSPS) is 18.5. The average molecular weight is 242 g/mol. The third-order valence-corrected chi connectivity index (χ3v) is 3.29. The Bertz CT molecular complexity index is 213. The van der Waals surface area contributed by atoms with Crippen LogP contribution in [0.15, 0.2) is 0 Å². The minimum Gasteiger partial charge on any atom is -0.385 e. The summed E-state index contributed by atoms with van der Waals surface area (Å²) >= 11 is 0. The number of hydrogen-bond donors (Lipinski definition) is 0. The lowest BCUT2D eigenvalue weighted by atomic mass is 10.2. The molecule has 0 radical (unpaired) electrons. The van der Waals surface area contributed by atoms with E-state index >= 15 is 0 Å². The van der Waals surface area contributed by atoms with Gasteiger partial charge in [0.1, 0.15) is 5.78 Å². The first-order valence-corrected chi connectivity index (χ1v) is 6.65. The zero-order chi connectivity index (χ0) is 12.5. The lowest BCUT2D eigenvalue weighted by Crippen LogP contribution is -2.46. The van der Waals surface area contributed by atoms with Crippen LogP contribution >= 0.6 is 0 Å². The zero-order valence-corrected chi connectivity index (χ0v) is 11.3. The van der Waals surface area contributed by atoms with Crippen LogP contribution in [0.4, 0.5) is 0 Å². The fourth-order valence-corrected chi connectivity index (χ4v) is 2.22. The molecule has 100 valence electrons. The summed E-state index contributed by atoms with van der Waals surface area (Å²) in [5.74, 6) is 0.309. The summed E-state index contributed by atoms with van der Waals surface area (Å²) in [6.45, 7) is 9.36. The van der Waals surface area contributed by atoms with E-state index in [2.05, 4.69) is 9.80 Å². The maximum absolute atomic E-state index is 10.8. The van der Waals surface area contributed by atoms with E-state index in [1.807, 2.05) is 0 Å². The molecule has 0 aromatic heterocycles. The van der Waals surface area contributed by atoms with E-state index in [1.54, 1.807) is 14.0 Å². The topological polar surface area (TPSA) is 32.8 Å². The zero-order valence-electron chi connectivity index (χ0n) is 11.3. The summed E-state index contributed by atoms with van der Waals surface area (Å²) in [6, 6.07) is 0. The summed E-state index contributed by atoms with van der Waals surface area (Å²) in [6.07, 6.45) is 2.87. The molecular weight excluding hydrogens is 216 g/mol. The Morgan fingerprint density at radius 2 is 1.59 bits per heavy atom. The molecule has 1 aliphatic heterocycles. The predicted octanol–water partition coefficient (Wildman–Crippen LogP) is 1.01. The molecule has 1 aliphatic rings. The predicted molar refractivity (Wildman–Crippen MR) is 69.3 cm³/mol.